The first-order chi connectivity index (χ1) is 17.1. The fourth-order valence-electron chi connectivity index (χ4n) is 3.54. The lowest BCUT2D eigenvalue weighted by Crippen LogP contribution is -2.44. The van der Waals surface area contributed by atoms with Crippen molar-refractivity contribution >= 4 is 40.6 Å². The topological polar surface area (TPSA) is 161 Å². The molecule has 1 aromatic heterocycles. The molecule has 11 heteroatoms. The number of carbonyl (C=O) groups excluding carboxylic acids is 3. The molecular formula is C25H29N5O5S. The third kappa shape index (κ3) is 5.92. The van der Waals surface area contributed by atoms with Gasteiger partial charge in [-0.2, -0.15) is 4.37 Å². The molecular weight excluding hydrogens is 482 g/mol. The smallest absolute Gasteiger partial charge is 0.273 e. The van der Waals surface area contributed by atoms with E-state index in [2.05, 4.69) is 9.69 Å². The summed E-state index contributed by atoms with van der Waals surface area (Å²) in [5.74, 6) is -1.12. The summed E-state index contributed by atoms with van der Waals surface area (Å²) in [6.07, 6.45) is 0.741. The van der Waals surface area contributed by atoms with Crippen LogP contribution in [-0.2, 0) is 4.79 Å². The van der Waals surface area contributed by atoms with Crippen LogP contribution in [-0.4, -0.2) is 40.9 Å². The third-order valence-electron chi connectivity index (χ3n) is 5.44. The van der Waals surface area contributed by atoms with Gasteiger partial charge in [-0.1, -0.05) is 32.0 Å². The van der Waals surface area contributed by atoms with Gasteiger partial charge in [0.2, 0.25) is 5.91 Å². The quantitative estimate of drug-likeness (QED) is 0.325. The van der Waals surface area contributed by atoms with Crippen LogP contribution in [0.2, 0.25) is 0 Å². The number of rotatable bonds is 10. The van der Waals surface area contributed by atoms with Crippen LogP contribution in [0.3, 0.4) is 0 Å². The Morgan fingerprint density at radius 2 is 1.86 bits per heavy atom. The Morgan fingerprint density at radius 3 is 2.44 bits per heavy atom. The molecule has 1 atom stereocenters. The molecule has 190 valence electrons. The number of hydrogen-bond acceptors (Lipinski definition) is 8. The van der Waals surface area contributed by atoms with Gasteiger partial charge in [0.15, 0.2) is 5.69 Å². The number of carbonyl (C=O) groups is 3. The third-order valence-corrected chi connectivity index (χ3v) is 6.29. The second kappa shape index (κ2) is 11.5. The number of nitrogens with one attached hydrogen (secondary N) is 1. The number of aromatic nitrogens is 1. The number of anilines is 2. The molecule has 0 fully saturated rings. The Labute approximate surface area is 213 Å². The SMILES string of the molecule is COc1cccc(N(C(=O)c2snc(C(N)=O)c2N)[C@H](C(=O)NCCC(C)C)c2ccc(O)cc2)c1. The summed E-state index contributed by atoms with van der Waals surface area (Å²) >= 11 is 0.724. The number of phenolic OH excluding ortho intramolecular Hbond substituents is 1. The fraction of sp³-hybridized carbons (Fsp3) is 0.280. The summed E-state index contributed by atoms with van der Waals surface area (Å²) in [5, 5.41) is 12.7. The number of hydrogen-bond donors (Lipinski definition) is 4. The highest BCUT2D eigenvalue weighted by atomic mass is 32.1. The number of nitrogen functional groups attached to an aromatic ring is 1. The van der Waals surface area contributed by atoms with Crippen molar-refractivity contribution in [1.82, 2.24) is 9.69 Å². The van der Waals surface area contributed by atoms with E-state index < -0.39 is 23.8 Å². The first-order valence-electron chi connectivity index (χ1n) is 11.2. The monoisotopic (exact) mass is 511 g/mol. The summed E-state index contributed by atoms with van der Waals surface area (Å²) < 4.78 is 9.28. The average Bonchev–Trinajstić information content (AvgIpc) is 3.24. The van der Waals surface area contributed by atoms with Crippen molar-refractivity contribution in [3.8, 4) is 11.5 Å². The zero-order valence-corrected chi connectivity index (χ0v) is 21.0. The number of primary amides is 1. The highest BCUT2D eigenvalue weighted by molar-refractivity contribution is 7.09. The Bertz CT molecular complexity index is 1240. The minimum Gasteiger partial charge on any atom is -0.508 e. The molecule has 3 aromatic rings. The van der Waals surface area contributed by atoms with Crippen LogP contribution >= 0.6 is 11.5 Å². The van der Waals surface area contributed by atoms with E-state index in [4.69, 9.17) is 16.2 Å². The highest BCUT2D eigenvalue weighted by Crippen LogP contribution is 2.35. The molecule has 3 rings (SSSR count). The normalized spacial score (nSPS) is 11.7. The van der Waals surface area contributed by atoms with Gasteiger partial charge in [-0.3, -0.25) is 19.3 Å². The number of nitrogens with two attached hydrogens (primary N) is 2. The summed E-state index contributed by atoms with van der Waals surface area (Å²) in [5.41, 5.74) is 11.8. The predicted octanol–water partition coefficient (Wildman–Crippen LogP) is 3.09. The van der Waals surface area contributed by atoms with Crippen molar-refractivity contribution in [2.24, 2.45) is 11.7 Å². The van der Waals surface area contributed by atoms with E-state index in [0.29, 0.717) is 29.5 Å². The molecule has 0 saturated heterocycles. The summed E-state index contributed by atoms with van der Waals surface area (Å²) in [6.45, 7) is 4.48. The molecule has 0 radical (unpaired) electrons. The molecule has 0 bridgehead atoms. The van der Waals surface area contributed by atoms with Crippen LogP contribution in [0.1, 0.15) is 52.0 Å². The van der Waals surface area contributed by atoms with Gasteiger partial charge in [0.25, 0.3) is 11.8 Å². The molecule has 3 amide bonds. The number of aromatic hydroxyl groups is 1. The highest BCUT2D eigenvalue weighted by Gasteiger charge is 2.36. The van der Waals surface area contributed by atoms with Gasteiger partial charge in [-0.25, -0.2) is 0 Å². The number of phenols is 1. The minimum absolute atomic E-state index is 0.00905. The Kier molecular flexibility index (Phi) is 8.49. The first-order valence-corrected chi connectivity index (χ1v) is 12.0. The lowest BCUT2D eigenvalue weighted by molar-refractivity contribution is -0.122. The van der Waals surface area contributed by atoms with Crippen molar-refractivity contribution in [3.63, 3.8) is 0 Å². The largest absolute Gasteiger partial charge is 0.508 e. The minimum atomic E-state index is -1.14. The standard InChI is InChI=1S/C25H29N5O5S/c1-14(2)11-12-28-24(33)21(15-7-9-17(31)10-8-15)30(16-5-4-6-18(13-16)35-3)25(34)22-19(26)20(23(27)32)29-36-22/h4-10,13-14,21,31H,11-12,26H2,1-3H3,(H2,27,32)(H,28,33)/t21-/m0/s1. The number of benzene rings is 2. The van der Waals surface area contributed by atoms with E-state index >= 15 is 0 Å². The van der Waals surface area contributed by atoms with E-state index in [1.54, 1.807) is 36.4 Å². The van der Waals surface area contributed by atoms with Crippen molar-refractivity contribution in [1.29, 1.82) is 0 Å². The van der Waals surface area contributed by atoms with Gasteiger partial charge in [0.1, 0.15) is 22.4 Å². The number of amides is 3. The maximum absolute atomic E-state index is 14.0. The second-order valence-corrected chi connectivity index (χ2v) is 9.26. The second-order valence-electron chi connectivity index (χ2n) is 8.48. The van der Waals surface area contributed by atoms with E-state index in [0.717, 1.165) is 18.0 Å². The van der Waals surface area contributed by atoms with Crippen LogP contribution in [0.5, 0.6) is 11.5 Å². The van der Waals surface area contributed by atoms with Gasteiger partial charge in [-0.05, 0) is 53.7 Å². The molecule has 0 aliphatic carbocycles. The van der Waals surface area contributed by atoms with Crippen LogP contribution < -0.4 is 26.4 Å². The van der Waals surface area contributed by atoms with Gasteiger partial charge in [-0.15, -0.1) is 0 Å². The Hall–Kier alpha value is -4.12. The van der Waals surface area contributed by atoms with Crippen LogP contribution in [0.4, 0.5) is 11.4 Å². The molecule has 0 unspecified atom stereocenters. The van der Waals surface area contributed by atoms with Gasteiger partial charge >= 0.3 is 0 Å². The molecule has 2 aromatic carbocycles. The van der Waals surface area contributed by atoms with Gasteiger partial charge < -0.3 is 26.6 Å². The molecule has 36 heavy (non-hydrogen) atoms. The molecule has 1 heterocycles. The molecule has 6 N–H and O–H groups in total. The van der Waals surface area contributed by atoms with E-state index in [1.165, 1.54) is 24.1 Å². The zero-order chi connectivity index (χ0) is 26.4. The van der Waals surface area contributed by atoms with Gasteiger partial charge in [0.05, 0.1) is 12.8 Å². The molecule has 0 saturated carbocycles. The summed E-state index contributed by atoms with van der Waals surface area (Å²) in [4.78, 5) is 40.5. The summed E-state index contributed by atoms with van der Waals surface area (Å²) in [6, 6.07) is 11.5. The lowest BCUT2D eigenvalue weighted by atomic mass is 10.0. The number of methoxy groups -OCH3 is 1. The maximum atomic E-state index is 14.0. The number of nitrogens with zero attached hydrogens (tertiary/aromatic N) is 2. The molecule has 10 nitrogen and oxygen atoms in total. The predicted molar refractivity (Wildman–Crippen MR) is 138 cm³/mol. The lowest BCUT2D eigenvalue weighted by Gasteiger charge is -2.31. The molecule has 0 spiro atoms. The van der Waals surface area contributed by atoms with Crippen LogP contribution in [0, 0.1) is 5.92 Å². The van der Waals surface area contributed by atoms with Crippen molar-refractivity contribution in [3.05, 3.63) is 64.7 Å². The maximum Gasteiger partial charge on any atom is 0.273 e. The summed E-state index contributed by atoms with van der Waals surface area (Å²) in [7, 11) is 1.49. The van der Waals surface area contributed by atoms with E-state index in [9.17, 15) is 19.5 Å². The van der Waals surface area contributed by atoms with Crippen molar-refractivity contribution in [2.45, 2.75) is 26.3 Å². The van der Waals surface area contributed by atoms with E-state index in [1.807, 2.05) is 13.8 Å². The van der Waals surface area contributed by atoms with Crippen LogP contribution in [0.25, 0.3) is 0 Å². The zero-order valence-electron chi connectivity index (χ0n) is 20.2. The van der Waals surface area contributed by atoms with Crippen molar-refractivity contribution in [2.75, 3.05) is 24.3 Å². The average molecular weight is 512 g/mol. The van der Waals surface area contributed by atoms with Crippen LogP contribution in [0.15, 0.2) is 48.5 Å². The first kappa shape index (κ1) is 26.5. The van der Waals surface area contributed by atoms with Gasteiger partial charge in [0, 0.05) is 18.3 Å². The Morgan fingerprint density at radius 1 is 1.17 bits per heavy atom. The van der Waals surface area contributed by atoms with E-state index in [-0.39, 0.29) is 22.0 Å². The molecule has 0 aliphatic rings. The fourth-order valence-corrected chi connectivity index (χ4v) is 4.28. The molecule has 0 aliphatic heterocycles. The van der Waals surface area contributed by atoms with Crippen molar-refractivity contribution < 1.29 is 24.2 Å². The Balaban J connectivity index is 2.17. The number of ether oxygens (including phenoxy) is 1.